The van der Waals surface area contributed by atoms with Gasteiger partial charge in [-0.1, -0.05) is 12.1 Å². The highest BCUT2D eigenvalue weighted by Crippen LogP contribution is 2.19. The van der Waals surface area contributed by atoms with E-state index in [1.807, 2.05) is 0 Å². The molecule has 1 aliphatic carbocycles. The lowest BCUT2D eigenvalue weighted by atomic mass is 10.1. The van der Waals surface area contributed by atoms with Gasteiger partial charge in [-0.3, -0.25) is 4.79 Å². The molecule has 118 valence electrons. The molecule has 0 radical (unpaired) electrons. The molecule has 6 nitrogen and oxygen atoms in total. The maximum Gasteiger partial charge on any atom is 0.315 e. The van der Waals surface area contributed by atoms with Crippen LogP contribution in [0.15, 0.2) is 24.3 Å². The highest BCUT2D eigenvalue weighted by molar-refractivity contribution is 5.94. The van der Waals surface area contributed by atoms with Crippen molar-refractivity contribution in [2.45, 2.75) is 38.0 Å². The van der Waals surface area contributed by atoms with Crippen LogP contribution in [0.5, 0.6) is 0 Å². The Bertz CT molecular complexity index is 554. The van der Waals surface area contributed by atoms with Crippen molar-refractivity contribution in [2.75, 3.05) is 13.1 Å². The van der Waals surface area contributed by atoms with Crippen LogP contribution in [0.3, 0.4) is 0 Å². The molecule has 2 aliphatic rings. The Hall–Kier alpha value is -2.08. The van der Waals surface area contributed by atoms with E-state index < -0.39 is 0 Å². The van der Waals surface area contributed by atoms with Gasteiger partial charge in [0.25, 0.3) is 5.91 Å². The van der Waals surface area contributed by atoms with Gasteiger partial charge < -0.3 is 20.6 Å². The monoisotopic (exact) mass is 303 g/mol. The van der Waals surface area contributed by atoms with Crippen LogP contribution in [0, 0.1) is 0 Å². The molecule has 1 atom stereocenters. The highest BCUT2D eigenvalue weighted by Gasteiger charge is 2.29. The lowest BCUT2D eigenvalue weighted by Gasteiger charge is -2.17. The van der Waals surface area contributed by atoms with Gasteiger partial charge in [-0.25, -0.2) is 4.79 Å². The number of urea groups is 1. The quantitative estimate of drug-likeness (QED) is 0.771. The van der Waals surface area contributed by atoms with Gasteiger partial charge in [0.15, 0.2) is 0 Å². The fourth-order valence-electron chi connectivity index (χ4n) is 2.64. The molecule has 3 N–H and O–H groups in total. The van der Waals surface area contributed by atoms with Gasteiger partial charge in [-0.15, -0.1) is 0 Å². The van der Waals surface area contributed by atoms with Gasteiger partial charge >= 0.3 is 6.03 Å². The summed E-state index contributed by atoms with van der Waals surface area (Å²) in [6.07, 6.45) is 2.90. The maximum absolute atomic E-state index is 12.4. The van der Waals surface area contributed by atoms with Gasteiger partial charge in [0.2, 0.25) is 0 Å². The number of hydrogen-bond donors (Lipinski definition) is 3. The number of aliphatic hydroxyl groups excluding tert-OH is 1. The average molecular weight is 303 g/mol. The normalized spacial score (nSPS) is 20.8. The SMILES string of the molecule is O=C(NC1CC1)NC1CCN(C(=O)c2ccc(CO)cc2)C1. The van der Waals surface area contributed by atoms with E-state index in [0.717, 1.165) is 24.8 Å². The smallest absolute Gasteiger partial charge is 0.315 e. The number of carbonyl (C=O) groups is 2. The summed E-state index contributed by atoms with van der Waals surface area (Å²) < 4.78 is 0. The Kier molecular flexibility index (Phi) is 4.29. The van der Waals surface area contributed by atoms with E-state index >= 15 is 0 Å². The maximum atomic E-state index is 12.4. The molecule has 2 fully saturated rings. The summed E-state index contributed by atoms with van der Waals surface area (Å²) in [5.74, 6) is -0.0311. The first-order valence-electron chi connectivity index (χ1n) is 7.72. The van der Waals surface area contributed by atoms with Gasteiger partial charge in [0.1, 0.15) is 0 Å². The number of hydrogen-bond acceptors (Lipinski definition) is 3. The van der Waals surface area contributed by atoms with E-state index in [-0.39, 0.29) is 24.6 Å². The minimum atomic E-state index is -0.130. The van der Waals surface area contributed by atoms with Crippen LogP contribution in [0.2, 0.25) is 0 Å². The Morgan fingerprint density at radius 1 is 1.09 bits per heavy atom. The van der Waals surface area contributed by atoms with Crippen molar-refractivity contribution < 1.29 is 14.7 Å². The van der Waals surface area contributed by atoms with Crippen molar-refractivity contribution in [2.24, 2.45) is 0 Å². The second-order valence-corrected chi connectivity index (χ2v) is 5.98. The largest absolute Gasteiger partial charge is 0.392 e. The molecular formula is C16H21N3O3. The lowest BCUT2D eigenvalue weighted by Crippen LogP contribution is -2.44. The summed E-state index contributed by atoms with van der Waals surface area (Å²) in [7, 11) is 0. The fraction of sp³-hybridized carbons (Fsp3) is 0.500. The number of likely N-dealkylation sites (tertiary alicyclic amines) is 1. The first kappa shape index (κ1) is 14.8. The molecule has 0 bridgehead atoms. The molecule has 3 amide bonds. The number of benzene rings is 1. The van der Waals surface area contributed by atoms with Gasteiger partial charge in [-0.2, -0.15) is 0 Å². The zero-order chi connectivity index (χ0) is 15.5. The molecule has 1 saturated carbocycles. The Labute approximate surface area is 129 Å². The average Bonchev–Trinajstić information content (AvgIpc) is 3.22. The van der Waals surface area contributed by atoms with Crippen molar-refractivity contribution >= 4 is 11.9 Å². The van der Waals surface area contributed by atoms with Crippen molar-refractivity contribution in [1.82, 2.24) is 15.5 Å². The molecular weight excluding hydrogens is 282 g/mol. The minimum absolute atomic E-state index is 0.0133. The molecule has 0 spiro atoms. The van der Waals surface area contributed by atoms with Crippen LogP contribution >= 0.6 is 0 Å². The Balaban J connectivity index is 1.52. The van der Waals surface area contributed by atoms with E-state index in [2.05, 4.69) is 10.6 Å². The van der Waals surface area contributed by atoms with Crippen LogP contribution in [-0.2, 0) is 6.61 Å². The predicted molar refractivity (Wildman–Crippen MR) is 81.4 cm³/mol. The lowest BCUT2D eigenvalue weighted by molar-refractivity contribution is 0.0789. The second-order valence-electron chi connectivity index (χ2n) is 5.98. The molecule has 1 heterocycles. The van der Waals surface area contributed by atoms with Crippen LogP contribution in [0.4, 0.5) is 4.79 Å². The minimum Gasteiger partial charge on any atom is -0.392 e. The summed E-state index contributed by atoms with van der Waals surface area (Å²) in [5.41, 5.74) is 1.40. The van der Waals surface area contributed by atoms with Crippen LogP contribution in [-0.4, -0.2) is 47.1 Å². The molecule has 3 rings (SSSR count). The first-order valence-corrected chi connectivity index (χ1v) is 7.72. The molecule has 1 aromatic carbocycles. The summed E-state index contributed by atoms with van der Waals surface area (Å²) in [6.45, 7) is 1.16. The third kappa shape index (κ3) is 3.57. The molecule has 1 unspecified atom stereocenters. The zero-order valence-electron chi connectivity index (χ0n) is 12.4. The number of aliphatic hydroxyl groups is 1. The molecule has 6 heteroatoms. The van der Waals surface area contributed by atoms with Crippen molar-refractivity contribution in [3.05, 3.63) is 35.4 Å². The summed E-state index contributed by atoms with van der Waals surface area (Å²) in [4.78, 5) is 25.9. The third-order valence-corrected chi connectivity index (χ3v) is 4.11. The number of nitrogens with zero attached hydrogens (tertiary/aromatic N) is 1. The van der Waals surface area contributed by atoms with E-state index in [9.17, 15) is 9.59 Å². The highest BCUT2D eigenvalue weighted by atomic mass is 16.3. The predicted octanol–water partition coefficient (Wildman–Crippen LogP) is 0.855. The van der Waals surface area contributed by atoms with Gasteiger partial charge in [0.05, 0.1) is 6.61 Å². The summed E-state index contributed by atoms with van der Waals surface area (Å²) in [5, 5.41) is 14.8. The zero-order valence-corrected chi connectivity index (χ0v) is 12.4. The van der Waals surface area contributed by atoms with Gasteiger partial charge in [0, 0.05) is 30.7 Å². The molecule has 22 heavy (non-hydrogen) atoms. The van der Waals surface area contributed by atoms with E-state index in [1.54, 1.807) is 29.2 Å². The van der Waals surface area contributed by atoms with Crippen molar-refractivity contribution in [3.8, 4) is 0 Å². The topological polar surface area (TPSA) is 81.7 Å². The molecule has 1 aromatic rings. The van der Waals surface area contributed by atoms with Crippen LogP contribution < -0.4 is 10.6 Å². The number of nitrogens with one attached hydrogen (secondary N) is 2. The fourth-order valence-corrected chi connectivity index (χ4v) is 2.64. The number of amides is 3. The second kappa shape index (κ2) is 6.36. The Morgan fingerprint density at radius 3 is 2.41 bits per heavy atom. The van der Waals surface area contributed by atoms with Crippen molar-refractivity contribution in [3.63, 3.8) is 0 Å². The van der Waals surface area contributed by atoms with Crippen LogP contribution in [0.1, 0.15) is 35.2 Å². The first-order chi connectivity index (χ1) is 10.7. The number of carbonyl (C=O) groups excluding carboxylic acids is 2. The van der Waals surface area contributed by atoms with Gasteiger partial charge in [-0.05, 0) is 37.0 Å². The Morgan fingerprint density at radius 2 is 1.77 bits per heavy atom. The van der Waals surface area contributed by atoms with E-state index in [4.69, 9.17) is 5.11 Å². The molecule has 1 aliphatic heterocycles. The number of rotatable bonds is 4. The summed E-state index contributed by atoms with van der Waals surface area (Å²) >= 11 is 0. The standard InChI is InChI=1S/C16H21N3O3/c20-10-11-1-3-12(4-2-11)15(21)19-8-7-14(9-19)18-16(22)17-13-5-6-13/h1-4,13-14,20H,5-10H2,(H2,17,18,22). The van der Waals surface area contributed by atoms with E-state index in [1.165, 1.54) is 0 Å². The molecule has 0 aromatic heterocycles. The van der Waals surface area contributed by atoms with E-state index in [0.29, 0.717) is 24.7 Å². The molecule has 1 saturated heterocycles. The van der Waals surface area contributed by atoms with Crippen molar-refractivity contribution in [1.29, 1.82) is 0 Å². The third-order valence-electron chi connectivity index (χ3n) is 4.11. The summed E-state index contributed by atoms with van der Waals surface area (Å²) in [6, 6.07) is 7.19. The van der Waals surface area contributed by atoms with Crippen LogP contribution in [0.25, 0.3) is 0 Å².